The minimum absolute atomic E-state index is 3.67. The Morgan fingerprint density at radius 2 is 1.11 bits per heavy atom. The summed E-state index contributed by atoms with van der Waals surface area (Å²) in [5.74, 6) is 0. The molecule has 0 saturated heterocycles. The van der Waals surface area contributed by atoms with Crippen LogP contribution in [-0.2, 0) is 10.4 Å². The summed E-state index contributed by atoms with van der Waals surface area (Å²) in [6.45, 7) is -3.67. The first-order valence-electron chi connectivity index (χ1n) is 1.32. The van der Waals surface area contributed by atoms with Crippen LogP contribution < -0.4 is 0 Å². The van der Waals surface area contributed by atoms with E-state index in [4.69, 9.17) is 17.5 Å². The Morgan fingerprint density at radius 3 is 1.11 bits per heavy atom. The van der Waals surface area contributed by atoms with Gasteiger partial charge in [-0.05, 0) is 0 Å². The molecule has 8 heteroatoms. The summed E-state index contributed by atoms with van der Waals surface area (Å²) in [4.78, 5) is 0. The van der Waals surface area contributed by atoms with Gasteiger partial charge in [0.25, 0.3) is 0 Å². The molecular formula is CHF3O4S-2. The van der Waals surface area contributed by atoms with Crippen LogP contribution in [-0.4, -0.2) is 24.2 Å². The molecule has 0 heterocycles. The molecule has 0 aliphatic heterocycles. The zero-order valence-electron chi connectivity index (χ0n) is 3.75. The standard InChI is InChI=1S/CHF3.H2O4S/c2-1(3)4;1-5(2,3)4/h1H;(H2,1,2,3,4)/p-2. The highest BCUT2D eigenvalue weighted by molar-refractivity contribution is 7.79. The number of halogens is 3. The molecule has 0 aromatic rings. The molecule has 58 valence electrons. The molecule has 0 atom stereocenters. The summed E-state index contributed by atoms with van der Waals surface area (Å²) in [6, 6.07) is 0. The zero-order chi connectivity index (χ0) is 8.08. The van der Waals surface area contributed by atoms with E-state index in [9.17, 15) is 13.2 Å². The topological polar surface area (TPSA) is 80.3 Å². The Labute approximate surface area is 48.9 Å². The van der Waals surface area contributed by atoms with E-state index in [0.717, 1.165) is 0 Å². The van der Waals surface area contributed by atoms with Gasteiger partial charge >= 0.3 is 6.68 Å². The van der Waals surface area contributed by atoms with Gasteiger partial charge in [-0.25, -0.2) is 0 Å². The smallest absolute Gasteiger partial charge is 0.379 e. The van der Waals surface area contributed by atoms with Crippen molar-refractivity contribution in [2.24, 2.45) is 0 Å². The number of alkyl halides is 3. The van der Waals surface area contributed by atoms with Gasteiger partial charge in [0, 0.05) is 10.4 Å². The van der Waals surface area contributed by atoms with E-state index in [0.29, 0.717) is 0 Å². The van der Waals surface area contributed by atoms with E-state index < -0.39 is 17.1 Å². The second-order valence-electron chi connectivity index (χ2n) is 0.656. The molecule has 0 radical (unpaired) electrons. The van der Waals surface area contributed by atoms with Crippen LogP contribution in [0.4, 0.5) is 13.2 Å². The summed E-state index contributed by atoms with van der Waals surface area (Å²) >= 11 is 0. The van der Waals surface area contributed by atoms with Gasteiger partial charge in [-0.15, -0.1) is 0 Å². The van der Waals surface area contributed by atoms with Crippen molar-refractivity contribution in [2.45, 2.75) is 6.68 Å². The lowest BCUT2D eigenvalue weighted by molar-refractivity contribution is 0.00819. The van der Waals surface area contributed by atoms with Gasteiger partial charge in [-0.2, -0.15) is 13.2 Å². The fraction of sp³-hybridized carbons (Fsp3) is 1.00. The van der Waals surface area contributed by atoms with E-state index in [1.807, 2.05) is 0 Å². The number of hydrogen-bond donors (Lipinski definition) is 0. The van der Waals surface area contributed by atoms with Crippen molar-refractivity contribution in [2.75, 3.05) is 0 Å². The first-order chi connectivity index (χ1) is 3.73. The van der Waals surface area contributed by atoms with Crippen molar-refractivity contribution < 1.29 is 30.7 Å². The lowest BCUT2D eigenvalue weighted by Crippen LogP contribution is -1.91. The maximum Gasteiger partial charge on any atom is 0.379 e. The van der Waals surface area contributed by atoms with Gasteiger partial charge < -0.3 is 9.11 Å². The molecule has 0 aromatic heterocycles. The van der Waals surface area contributed by atoms with Crippen molar-refractivity contribution in [1.82, 2.24) is 0 Å². The maximum atomic E-state index is 9.67. The fourth-order valence-corrected chi connectivity index (χ4v) is 0. The van der Waals surface area contributed by atoms with E-state index in [-0.39, 0.29) is 0 Å². The van der Waals surface area contributed by atoms with Gasteiger partial charge in [0.15, 0.2) is 0 Å². The molecule has 0 N–H and O–H groups in total. The minimum atomic E-state index is -5.17. The van der Waals surface area contributed by atoms with Gasteiger partial charge in [-0.1, -0.05) is 0 Å². The molecular weight excluding hydrogens is 165 g/mol. The molecule has 0 fully saturated rings. The van der Waals surface area contributed by atoms with Crippen LogP contribution in [0.1, 0.15) is 0 Å². The van der Waals surface area contributed by atoms with Crippen molar-refractivity contribution in [3.8, 4) is 0 Å². The molecule has 0 saturated carbocycles. The van der Waals surface area contributed by atoms with Crippen molar-refractivity contribution in [3.05, 3.63) is 0 Å². The van der Waals surface area contributed by atoms with E-state index in [1.54, 1.807) is 0 Å². The summed E-state index contributed by atoms with van der Waals surface area (Å²) in [5, 5.41) is 0. The highest BCUT2D eigenvalue weighted by atomic mass is 32.3. The summed E-state index contributed by atoms with van der Waals surface area (Å²) in [5.41, 5.74) is 0. The third kappa shape index (κ3) is 2120. The zero-order valence-corrected chi connectivity index (χ0v) is 4.57. The Hall–Kier alpha value is -0.340. The van der Waals surface area contributed by atoms with Gasteiger partial charge in [0.2, 0.25) is 0 Å². The molecule has 4 nitrogen and oxygen atoms in total. The van der Waals surface area contributed by atoms with Crippen LogP contribution in [0.3, 0.4) is 0 Å². The van der Waals surface area contributed by atoms with Gasteiger partial charge in [0.1, 0.15) is 0 Å². The minimum Gasteiger partial charge on any atom is -0.759 e. The highest BCUT2D eigenvalue weighted by Crippen LogP contribution is 1.87. The van der Waals surface area contributed by atoms with E-state index >= 15 is 0 Å². The van der Waals surface area contributed by atoms with Crippen LogP contribution in [0.15, 0.2) is 0 Å². The quantitative estimate of drug-likeness (QED) is 0.370. The molecule has 0 amide bonds. The monoisotopic (exact) mass is 166 g/mol. The van der Waals surface area contributed by atoms with Crippen LogP contribution in [0.25, 0.3) is 0 Å². The average molecular weight is 166 g/mol. The van der Waals surface area contributed by atoms with E-state index in [2.05, 4.69) is 0 Å². The van der Waals surface area contributed by atoms with Crippen LogP contribution in [0.5, 0.6) is 0 Å². The van der Waals surface area contributed by atoms with Crippen LogP contribution in [0, 0.1) is 0 Å². The van der Waals surface area contributed by atoms with Crippen LogP contribution in [0.2, 0.25) is 0 Å². The third-order valence-corrected chi connectivity index (χ3v) is 0. The largest absolute Gasteiger partial charge is 0.759 e. The van der Waals surface area contributed by atoms with Gasteiger partial charge in [-0.3, -0.25) is 8.42 Å². The fourth-order valence-electron chi connectivity index (χ4n) is 0. The molecule has 9 heavy (non-hydrogen) atoms. The molecule has 0 aliphatic carbocycles. The Kier molecular flexibility index (Phi) is 5.77. The second kappa shape index (κ2) is 4.53. The molecule has 0 aliphatic rings. The molecule has 0 unspecified atom stereocenters. The summed E-state index contributed by atoms with van der Waals surface area (Å²) in [6.07, 6.45) is 0. The Balaban J connectivity index is 0. The Morgan fingerprint density at radius 1 is 1.11 bits per heavy atom. The lowest BCUT2D eigenvalue weighted by atomic mass is 11.6. The summed E-state index contributed by atoms with van der Waals surface area (Å²) < 4.78 is 63.1. The predicted octanol–water partition coefficient (Wildman–Crippen LogP) is -0.159. The van der Waals surface area contributed by atoms with Crippen molar-refractivity contribution >= 4 is 10.4 Å². The van der Waals surface area contributed by atoms with Crippen molar-refractivity contribution in [3.63, 3.8) is 0 Å². The van der Waals surface area contributed by atoms with Crippen molar-refractivity contribution in [1.29, 1.82) is 0 Å². The first kappa shape index (κ1) is 11.5. The number of rotatable bonds is 0. The van der Waals surface area contributed by atoms with Crippen LogP contribution >= 0.6 is 0 Å². The lowest BCUT2D eigenvalue weighted by Gasteiger charge is -2.06. The molecule has 0 aromatic carbocycles. The molecule has 0 rings (SSSR count). The Bertz CT molecular complexity index is 127. The summed E-state index contributed by atoms with van der Waals surface area (Å²) in [7, 11) is -5.17. The predicted molar refractivity (Wildman–Crippen MR) is 17.6 cm³/mol. The molecule has 0 bridgehead atoms. The second-order valence-corrected chi connectivity index (χ2v) is 1.47. The first-order valence-corrected chi connectivity index (χ1v) is 2.65. The maximum absolute atomic E-state index is 9.67. The van der Waals surface area contributed by atoms with E-state index in [1.165, 1.54) is 0 Å². The highest BCUT2D eigenvalue weighted by Gasteiger charge is 1.86. The third-order valence-electron chi connectivity index (χ3n) is 0. The molecule has 0 spiro atoms. The van der Waals surface area contributed by atoms with Gasteiger partial charge in [0.05, 0.1) is 0 Å². The average Bonchev–Trinajstić information content (AvgIpc) is 1.19. The normalized spacial score (nSPS) is 10.4. The SMILES string of the molecule is FC(F)F.O=S(=O)([O-])[O-]. The number of hydrogen-bond acceptors (Lipinski definition) is 4.